The van der Waals surface area contributed by atoms with Crippen molar-refractivity contribution in [3.05, 3.63) is 95.1 Å². The Labute approximate surface area is 180 Å². The van der Waals surface area contributed by atoms with Crippen molar-refractivity contribution in [2.45, 2.75) is 32.0 Å². The lowest BCUT2D eigenvalue weighted by Gasteiger charge is -2.37. The summed E-state index contributed by atoms with van der Waals surface area (Å²) < 4.78 is 1.65. The van der Waals surface area contributed by atoms with E-state index in [1.54, 1.807) is 29.1 Å². The van der Waals surface area contributed by atoms with Crippen LogP contribution < -0.4 is 10.5 Å². The average Bonchev–Trinajstić information content (AvgIpc) is 3.05. The fourth-order valence-corrected chi connectivity index (χ4v) is 4.33. The van der Waals surface area contributed by atoms with Gasteiger partial charge >= 0.3 is 0 Å². The summed E-state index contributed by atoms with van der Waals surface area (Å²) in [4.78, 5) is 36.9. The van der Waals surface area contributed by atoms with Crippen molar-refractivity contribution in [1.82, 2.24) is 14.5 Å². The number of allylic oxidation sites excluding steroid dienone is 2. The van der Waals surface area contributed by atoms with Gasteiger partial charge in [-0.05, 0) is 43.2 Å². The molecule has 6 nitrogen and oxygen atoms in total. The molecule has 1 aromatic carbocycles. The number of pyridine rings is 1. The maximum absolute atomic E-state index is 13.2. The number of benzene rings is 1. The highest BCUT2D eigenvalue weighted by atomic mass is 16.1. The Bertz CT molecular complexity index is 1270. The van der Waals surface area contributed by atoms with Crippen molar-refractivity contribution in [3.8, 4) is 11.3 Å². The molecule has 1 aliphatic carbocycles. The predicted molar refractivity (Wildman–Crippen MR) is 121 cm³/mol. The molecule has 2 aromatic heterocycles. The fraction of sp³-hybridized carbons (Fsp3) is 0.200. The molecular weight excluding hydrogens is 388 g/mol. The van der Waals surface area contributed by atoms with E-state index < -0.39 is 11.6 Å². The number of carbonyl (C=O) groups excluding carboxylic acids is 1. The highest BCUT2D eigenvalue weighted by Crippen LogP contribution is 2.36. The number of anilines is 1. The van der Waals surface area contributed by atoms with Crippen molar-refractivity contribution in [3.63, 3.8) is 0 Å². The van der Waals surface area contributed by atoms with Gasteiger partial charge in [-0.3, -0.25) is 19.1 Å². The monoisotopic (exact) mass is 410 g/mol. The van der Waals surface area contributed by atoms with Crippen molar-refractivity contribution in [2.75, 3.05) is 4.90 Å². The zero-order chi connectivity index (χ0) is 21.6. The van der Waals surface area contributed by atoms with Gasteiger partial charge in [-0.25, -0.2) is 4.98 Å². The van der Waals surface area contributed by atoms with Gasteiger partial charge in [0, 0.05) is 24.0 Å². The van der Waals surface area contributed by atoms with E-state index in [0.717, 1.165) is 16.7 Å². The molecule has 31 heavy (non-hydrogen) atoms. The third-order valence-electron chi connectivity index (χ3n) is 5.81. The standard InChI is InChI=1S/C25H22N4O2/c1-25(2)16-28-23(31)15-20(18-10-12-26-13-11-18)27-24(28)29(25)21-9-8-19(14-22(21)30)17-6-4-3-5-7-17/h3-15,21H,16H2,1-2H3. The van der Waals surface area contributed by atoms with E-state index in [-0.39, 0.29) is 11.3 Å². The van der Waals surface area contributed by atoms with Gasteiger partial charge in [-0.1, -0.05) is 42.5 Å². The van der Waals surface area contributed by atoms with E-state index in [2.05, 4.69) is 4.98 Å². The summed E-state index contributed by atoms with van der Waals surface area (Å²) in [6, 6.07) is 14.5. The lowest BCUT2D eigenvalue weighted by Crippen LogP contribution is -2.51. The maximum Gasteiger partial charge on any atom is 0.255 e. The number of hydrogen-bond acceptors (Lipinski definition) is 5. The number of nitrogens with zero attached hydrogens (tertiary/aromatic N) is 4. The second-order valence-corrected chi connectivity index (χ2v) is 8.46. The molecule has 6 heteroatoms. The molecule has 3 heterocycles. The summed E-state index contributed by atoms with van der Waals surface area (Å²) in [5.74, 6) is 0.496. The second-order valence-electron chi connectivity index (χ2n) is 8.46. The first-order chi connectivity index (χ1) is 14.9. The number of ketones is 1. The van der Waals surface area contributed by atoms with Crippen LogP contribution in [0.2, 0.25) is 0 Å². The first kappa shape index (κ1) is 19.2. The van der Waals surface area contributed by atoms with Crippen LogP contribution >= 0.6 is 0 Å². The van der Waals surface area contributed by atoms with Gasteiger partial charge < -0.3 is 4.90 Å². The number of hydrogen-bond donors (Lipinski definition) is 0. The molecule has 1 aliphatic heterocycles. The van der Waals surface area contributed by atoms with Gasteiger partial charge in [0.05, 0.1) is 17.8 Å². The predicted octanol–water partition coefficient (Wildman–Crippen LogP) is 3.50. The molecule has 0 amide bonds. The number of rotatable bonds is 3. The molecule has 0 N–H and O–H groups in total. The van der Waals surface area contributed by atoms with Crippen LogP contribution in [0.5, 0.6) is 0 Å². The Morgan fingerprint density at radius 2 is 1.74 bits per heavy atom. The zero-order valence-corrected chi connectivity index (χ0v) is 17.4. The lowest BCUT2D eigenvalue weighted by molar-refractivity contribution is -0.115. The van der Waals surface area contributed by atoms with E-state index >= 15 is 0 Å². The average molecular weight is 410 g/mol. The molecule has 0 bridgehead atoms. The van der Waals surface area contributed by atoms with Gasteiger partial charge in [-0.2, -0.15) is 0 Å². The highest BCUT2D eigenvalue weighted by Gasteiger charge is 2.44. The van der Waals surface area contributed by atoms with E-state index in [9.17, 15) is 9.59 Å². The summed E-state index contributed by atoms with van der Waals surface area (Å²) in [5.41, 5.74) is 2.71. The Morgan fingerprint density at radius 3 is 2.45 bits per heavy atom. The highest BCUT2D eigenvalue weighted by molar-refractivity contribution is 6.07. The van der Waals surface area contributed by atoms with Gasteiger partial charge in [0.1, 0.15) is 6.04 Å². The van der Waals surface area contributed by atoms with E-state index in [1.807, 2.05) is 73.4 Å². The van der Waals surface area contributed by atoms with Gasteiger partial charge in [0.2, 0.25) is 5.95 Å². The maximum atomic E-state index is 13.2. The Morgan fingerprint density at radius 1 is 1.00 bits per heavy atom. The van der Waals surface area contributed by atoms with Gasteiger partial charge in [0.15, 0.2) is 5.78 Å². The van der Waals surface area contributed by atoms with Crippen LogP contribution in [-0.2, 0) is 11.3 Å². The van der Waals surface area contributed by atoms with Crippen LogP contribution in [-0.4, -0.2) is 31.9 Å². The van der Waals surface area contributed by atoms with E-state index in [1.165, 1.54) is 0 Å². The van der Waals surface area contributed by atoms with Crippen LogP contribution in [0, 0.1) is 0 Å². The van der Waals surface area contributed by atoms with Crippen molar-refractivity contribution < 1.29 is 4.79 Å². The zero-order valence-electron chi connectivity index (χ0n) is 17.4. The Balaban J connectivity index is 1.56. The number of fused-ring (bicyclic) bond motifs is 1. The minimum atomic E-state index is -0.518. The smallest absolute Gasteiger partial charge is 0.255 e. The molecule has 154 valence electrons. The molecule has 0 saturated carbocycles. The normalized spacial score (nSPS) is 19.3. The topological polar surface area (TPSA) is 68.1 Å². The summed E-state index contributed by atoms with van der Waals surface area (Å²) >= 11 is 0. The third kappa shape index (κ3) is 3.30. The molecule has 0 fully saturated rings. The first-order valence-corrected chi connectivity index (χ1v) is 10.2. The summed E-state index contributed by atoms with van der Waals surface area (Å²) in [6.45, 7) is 4.53. The Hall–Kier alpha value is -3.80. The molecule has 3 aromatic rings. The number of carbonyl (C=O) groups is 1. The minimum absolute atomic E-state index is 0.0218. The number of aromatic nitrogens is 3. The molecule has 1 atom stereocenters. The van der Waals surface area contributed by atoms with Crippen LogP contribution in [0.25, 0.3) is 16.8 Å². The third-order valence-corrected chi connectivity index (χ3v) is 5.81. The van der Waals surface area contributed by atoms with Gasteiger partial charge in [-0.15, -0.1) is 0 Å². The lowest BCUT2D eigenvalue weighted by atomic mass is 9.93. The van der Waals surface area contributed by atoms with Crippen LogP contribution in [0.1, 0.15) is 19.4 Å². The van der Waals surface area contributed by atoms with E-state index in [0.29, 0.717) is 18.2 Å². The largest absolute Gasteiger partial charge is 0.321 e. The molecule has 5 rings (SSSR count). The quantitative estimate of drug-likeness (QED) is 0.661. The van der Waals surface area contributed by atoms with Crippen molar-refractivity contribution in [2.24, 2.45) is 0 Å². The molecular formula is C25H22N4O2. The molecule has 1 unspecified atom stereocenters. The summed E-state index contributed by atoms with van der Waals surface area (Å²) in [5, 5.41) is 0. The second kappa shape index (κ2) is 7.16. The van der Waals surface area contributed by atoms with Crippen LogP contribution in [0.4, 0.5) is 5.95 Å². The molecule has 0 spiro atoms. The first-order valence-electron chi connectivity index (χ1n) is 10.2. The molecule has 2 aliphatic rings. The van der Waals surface area contributed by atoms with Crippen LogP contribution in [0.15, 0.2) is 83.9 Å². The van der Waals surface area contributed by atoms with Crippen LogP contribution in [0.3, 0.4) is 0 Å². The Kier molecular flexibility index (Phi) is 4.43. The molecule has 0 saturated heterocycles. The summed E-state index contributed by atoms with van der Waals surface area (Å²) in [6.07, 6.45) is 8.92. The van der Waals surface area contributed by atoms with Crippen molar-refractivity contribution in [1.29, 1.82) is 0 Å². The van der Waals surface area contributed by atoms with Gasteiger partial charge in [0.25, 0.3) is 5.56 Å². The van der Waals surface area contributed by atoms with E-state index in [4.69, 9.17) is 4.98 Å². The molecule has 0 radical (unpaired) electrons. The fourth-order valence-electron chi connectivity index (χ4n) is 4.33. The summed E-state index contributed by atoms with van der Waals surface area (Å²) in [7, 11) is 0. The minimum Gasteiger partial charge on any atom is -0.321 e. The SMILES string of the molecule is CC1(C)Cn2c(nc(-c3ccncc3)cc2=O)N1C1C=CC(c2ccccc2)=CC1=O. The van der Waals surface area contributed by atoms with Crippen molar-refractivity contribution >= 4 is 17.3 Å².